The van der Waals surface area contributed by atoms with Crippen molar-refractivity contribution in [2.75, 3.05) is 6.26 Å². The molecule has 0 bridgehead atoms. The topological polar surface area (TPSA) is 29.9 Å². The molecule has 2 atom stereocenters. The lowest BCUT2D eigenvalue weighted by molar-refractivity contribution is 0.456. The molecule has 0 aromatic carbocycles. The Morgan fingerprint density at radius 1 is 1.26 bits per heavy atom. The SMILES string of the molecule is CSC1CCCC1NCc1ccn(C2CCCC2)n1. The van der Waals surface area contributed by atoms with E-state index in [2.05, 4.69) is 28.5 Å². The summed E-state index contributed by atoms with van der Waals surface area (Å²) in [4.78, 5) is 0. The fourth-order valence-corrected chi connectivity index (χ4v) is 4.48. The molecule has 2 unspecified atom stereocenters. The van der Waals surface area contributed by atoms with Crippen LogP contribution in [0.3, 0.4) is 0 Å². The van der Waals surface area contributed by atoms with E-state index in [1.54, 1.807) is 0 Å². The first-order valence-corrected chi connectivity index (χ1v) is 8.96. The van der Waals surface area contributed by atoms with Crippen LogP contribution in [-0.2, 0) is 6.54 Å². The normalized spacial score (nSPS) is 28.3. The monoisotopic (exact) mass is 279 g/mol. The zero-order valence-electron chi connectivity index (χ0n) is 11.8. The number of aromatic nitrogens is 2. The molecule has 0 saturated heterocycles. The van der Waals surface area contributed by atoms with Crippen molar-refractivity contribution in [1.29, 1.82) is 0 Å². The van der Waals surface area contributed by atoms with Crippen molar-refractivity contribution in [3.8, 4) is 0 Å². The molecule has 2 saturated carbocycles. The van der Waals surface area contributed by atoms with Gasteiger partial charge in [0.15, 0.2) is 0 Å². The van der Waals surface area contributed by atoms with Gasteiger partial charge in [-0.25, -0.2) is 0 Å². The number of hydrogen-bond donors (Lipinski definition) is 1. The van der Waals surface area contributed by atoms with Gasteiger partial charge in [-0.15, -0.1) is 0 Å². The molecular weight excluding hydrogens is 254 g/mol. The van der Waals surface area contributed by atoms with Crippen LogP contribution >= 0.6 is 11.8 Å². The molecule has 19 heavy (non-hydrogen) atoms. The Morgan fingerprint density at radius 3 is 2.89 bits per heavy atom. The number of thioether (sulfide) groups is 1. The van der Waals surface area contributed by atoms with Crippen molar-refractivity contribution in [2.45, 2.75) is 68.8 Å². The van der Waals surface area contributed by atoms with Gasteiger partial charge in [-0.2, -0.15) is 16.9 Å². The zero-order valence-corrected chi connectivity index (χ0v) is 12.7. The smallest absolute Gasteiger partial charge is 0.0762 e. The van der Waals surface area contributed by atoms with Gasteiger partial charge in [0.1, 0.15) is 0 Å². The Morgan fingerprint density at radius 2 is 2.11 bits per heavy atom. The van der Waals surface area contributed by atoms with E-state index < -0.39 is 0 Å². The fourth-order valence-electron chi connectivity index (χ4n) is 3.52. The van der Waals surface area contributed by atoms with E-state index in [-0.39, 0.29) is 0 Å². The summed E-state index contributed by atoms with van der Waals surface area (Å²) in [6.07, 6.45) is 13.8. The van der Waals surface area contributed by atoms with Crippen LogP contribution in [0.25, 0.3) is 0 Å². The van der Waals surface area contributed by atoms with Gasteiger partial charge in [0.05, 0.1) is 11.7 Å². The number of hydrogen-bond acceptors (Lipinski definition) is 3. The Bertz CT molecular complexity index is 398. The number of nitrogens with zero attached hydrogens (tertiary/aromatic N) is 2. The molecule has 4 heteroatoms. The minimum absolute atomic E-state index is 0.666. The zero-order chi connectivity index (χ0) is 13.1. The molecule has 1 heterocycles. The highest BCUT2D eigenvalue weighted by atomic mass is 32.2. The molecule has 106 valence electrons. The lowest BCUT2D eigenvalue weighted by Gasteiger charge is -2.18. The van der Waals surface area contributed by atoms with Crippen LogP contribution < -0.4 is 5.32 Å². The Kier molecular flexibility index (Phi) is 4.49. The van der Waals surface area contributed by atoms with Gasteiger partial charge in [0.25, 0.3) is 0 Å². The summed E-state index contributed by atoms with van der Waals surface area (Å²) in [7, 11) is 0. The van der Waals surface area contributed by atoms with Crippen molar-refractivity contribution < 1.29 is 0 Å². The van der Waals surface area contributed by atoms with Crippen molar-refractivity contribution in [3.05, 3.63) is 18.0 Å². The average molecular weight is 279 g/mol. The van der Waals surface area contributed by atoms with E-state index in [1.165, 1.54) is 50.6 Å². The second-order valence-electron chi connectivity index (χ2n) is 5.92. The summed E-state index contributed by atoms with van der Waals surface area (Å²) in [5.74, 6) is 0. The highest BCUT2D eigenvalue weighted by Gasteiger charge is 2.26. The van der Waals surface area contributed by atoms with Crippen molar-refractivity contribution in [3.63, 3.8) is 0 Å². The third-order valence-corrected chi connectivity index (χ3v) is 5.83. The number of rotatable bonds is 5. The second kappa shape index (κ2) is 6.31. The van der Waals surface area contributed by atoms with Crippen LogP contribution in [0.4, 0.5) is 0 Å². The van der Waals surface area contributed by atoms with E-state index in [0.29, 0.717) is 12.1 Å². The summed E-state index contributed by atoms with van der Waals surface area (Å²) in [5, 5.41) is 9.26. The predicted octanol–water partition coefficient (Wildman–Crippen LogP) is 3.37. The van der Waals surface area contributed by atoms with Crippen molar-refractivity contribution in [1.82, 2.24) is 15.1 Å². The molecule has 2 aliphatic carbocycles. The molecule has 3 rings (SSSR count). The van der Waals surface area contributed by atoms with Crippen LogP contribution in [0.5, 0.6) is 0 Å². The molecule has 1 aromatic rings. The Labute approximate surface area is 120 Å². The van der Waals surface area contributed by atoms with Gasteiger partial charge in [0.2, 0.25) is 0 Å². The standard InChI is InChI=1S/C15H25N3S/c1-19-15-8-4-7-14(15)16-11-12-9-10-18(17-12)13-5-2-3-6-13/h9-10,13-16H,2-8,11H2,1H3. The minimum Gasteiger partial charge on any atom is -0.307 e. The third kappa shape index (κ3) is 3.16. The van der Waals surface area contributed by atoms with E-state index in [4.69, 9.17) is 5.10 Å². The van der Waals surface area contributed by atoms with E-state index in [9.17, 15) is 0 Å². The minimum atomic E-state index is 0.666. The van der Waals surface area contributed by atoms with Crippen LogP contribution in [0.1, 0.15) is 56.7 Å². The quantitative estimate of drug-likeness (QED) is 0.896. The fraction of sp³-hybridized carbons (Fsp3) is 0.800. The van der Waals surface area contributed by atoms with Crippen molar-refractivity contribution >= 4 is 11.8 Å². The molecule has 2 aliphatic rings. The van der Waals surface area contributed by atoms with Gasteiger partial charge in [-0.1, -0.05) is 19.3 Å². The van der Waals surface area contributed by atoms with E-state index in [0.717, 1.165) is 11.8 Å². The van der Waals surface area contributed by atoms with Gasteiger partial charge in [-0.3, -0.25) is 4.68 Å². The van der Waals surface area contributed by atoms with Crippen LogP contribution in [0.2, 0.25) is 0 Å². The van der Waals surface area contributed by atoms with E-state index in [1.807, 2.05) is 11.8 Å². The molecule has 1 aromatic heterocycles. The highest BCUT2D eigenvalue weighted by Crippen LogP contribution is 2.29. The van der Waals surface area contributed by atoms with Crippen LogP contribution in [0, 0.1) is 0 Å². The maximum Gasteiger partial charge on any atom is 0.0762 e. The maximum atomic E-state index is 4.75. The molecule has 0 spiro atoms. The summed E-state index contributed by atoms with van der Waals surface area (Å²) < 4.78 is 2.20. The van der Waals surface area contributed by atoms with E-state index >= 15 is 0 Å². The maximum absolute atomic E-state index is 4.75. The highest BCUT2D eigenvalue weighted by molar-refractivity contribution is 7.99. The molecule has 0 radical (unpaired) electrons. The molecule has 0 aliphatic heterocycles. The number of nitrogens with one attached hydrogen (secondary N) is 1. The Hall–Kier alpha value is -0.480. The van der Waals surface area contributed by atoms with Crippen LogP contribution in [0.15, 0.2) is 12.3 Å². The first-order chi connectivity index (χ1) is 9.36. The molecule has 3 nitrogen and oxygen atoms in total. The third-order valence-electron chi connectivity index (χ3n) is 4.66. The Balaban J connectivity index is 1.52. The summed E-state index contributed by atoms with van der Waals surface area (Å²) in [6.45, 7) is 0.932. The lowest BCUT2D eigenvalue weighted by atomic mass is 10.2. The molecule has 0 amide bonds. The summed E-state index contributed by atoms with van der Waals surface area (Å²) in [6, 6.07) is 3.54. The van der Waals surface area contributed by atoms with Gasteiger partial charge >= 0.3 is 0 Å². The summed E-state index contributed by atoms with van der Waals surface area (Å²) >= 11 is 2.01. The van der Waals surface area contributed by atoms with Gasteiger partial charge < -0.3 is 5.32 Å². The summed E-state index contributed by atoms with van der Waals surface area (Å²) in [5.41, 5.74) is 1.21. The molecule has 2 fully saturated rings. The second-order valence-corrected chi connectivity index (χ2v) is 6.99. The largest absolute Gasteiger partial charge is 0.307 e. The molecular formula is C15H25N3S. The average Bonchev–Trinajstić information content (AvgIpc) is 3.16. The van der Waals surface area contributed by atoms with Crippen molar-refractivity contribution in [2.24, 2.45) is 0 Å². The predicted molar refractivity (Wildman–Crippen MR) is 81.5 cm³/mol. The first-order valence-electron chi connectivity index (χ1n) is 7.67. The van der Waals surface area contributed by atoms with Crippen LogP contribution in [-0.4, -0.2) is 27.3 Å². The molecule has 1 N–H and O–H groups in total. The lowest BCUT2D eigenvalue weighted by Crippen LogP contribution is -2.33. The van der Waals surface area contributed by atoms with Gasteiger partial charge in [-0.05, 0) is 38.0 Å². The van der Waals surface area contributed by atoms with Gasteiger partial charge in [0, 0.05) is 24.0 Å². The first kappa shape index (κ1) is 13.5.